The van der Waals surface area contributed by atoms with Crippen molar-refractivity contribution in [1.82, 2.24) is 26.6 Å². The standard InChI is InChI=1S/C43H63N7O10/c1-27(2)23-32(40(56)47-31(39(45)55)24-29-17-11-9-12-18-29)48-42(58)38(28(3)51)50-37(54)22-16-8-6-4-5-7-15-21-36(53)46-33(26-35(44)52)41(57)49-34(43(59)60)25-30-19-13-10-14-20-30/h9-14,17-20,27-28,31-34,38,51H,4-8,15-16,21-26H2,1-3H3,(H2,44,52)(H2,45,55)(H,46,53)(H,47,56)(H,48,58)(H,49,57)(H,50,54)(H,59,60)/t28?,31-,32-,33-,34-,38-/m0/s1. The summed E-state index contributed by atoms with van der Waals surface area (Å²) in [6.07, 6.45) is 3.70. The van der Waals surface area contributed by atoms with Crippen LogP contribution in [0.3, 0.4) is 0 Å². The largest absolute Gasteiger partial charge is 0.480 e. The van der Waals surface area contributed by atoms with Gasteiger partial charge in [-0.1, -0.05) is 107 Å². The minimum atomic E-state index is -1.32. The van der Waals surface area contributed by atoms with E-state index in [4.69, 9.17) is 11.5 Å². The fourth-order valence-electron chi connectivity index (χ4n) is 6.41. The Balaban J connectivity index is 1.75. The first-order chi connectivity index (χ1) is 28.5. The number of nitrogens with two attached hydrogens (primary N) is 2. The van der Waals surface area contributed by atoms with E-state index in [0.717, 1.165) is 24.8 Å². The van der Waals surface area contributed by atoms with Crippen LogP contribution in [0.5, 0.6) is 0 Å². The lowest BCUT2D eigenvalue weighted by molar-refractivity contribution is -0.142. The molecule has 7 amide bonds. The zero-order valence-electron chi connectivity index (χ0n) is 34.8. The van der Waals surface area contributed by atoms with Gasteiger partial charge in [0, 0.05) is 25.7 Å². The molecule has 0 saturated carbocycles. The Hall–Kier alpha value is -5.84. The Morgan fingerprint density at radius 2 is 0.983 bits per heavy atom. The molecule has 0 saturated heterocycles. The predicted octanol–water partition coefficient (Wildman–Crippen LogP) is 1.28. The molecule has 2 aromatic carbocycles. The van der Waals surface area contributed by atoms with Gasteiger partial charge in [0.25, 0.3) is 0 Å². The van der Waals surface area contributed by atoms with Crippen molar-refractivity contribution >= 4 is 47.3 Å². The summed E-state index contributed by atoms with van der Waals surface area (Å²) in [4.78, 5) is 100. The molecule has 0 aliphatic rings. The average molecular weight is 838 g/mol. The Bertz CT molecular complexity index is 1710. The van der Waals surface area contributed by atoms with Crippen LogP contribution in [0.25, 0.3) is 0 Å². The number of primary amides is 2. The van der Waals surface area contributed by atoms with Crippen molar-refractivity contribution in [3.63, 3.8) is 0 Å². The third-order valence-electron chi connectivity index (χ3n) is 9.63. The monoisotopic (exact) mass is 837 g/mol. The highest BCUT2D eigenvalue weighted by Crippen LogP contribution is 2.12. The van der Waals surface area contributed by atoms with Crippen LogP contribution in [-0.4, -0.2) is 93.8 Å². The number of hydrogen-bond donors (Lipinski definition) is 9. The lowest BCUT2D eigenvalue weighted by atomic mass is 10.0. The second-order valence-corrected chi connectivity index (χ2v) is 15.5. The molecule has 2 aromatic rings. The van der Waals surface area contributed by atoms with E-state index in [1.54, 1.807) is 54.6 Å². The number of carbonyl (C=O) groups is 8. The van der Waals surface area contributed by atoms with Gasteiger partial charge in [0.05, 0.1) is 12.5 Å². The van der Waals surface area contributed by atoms with Crippen molar-refractivity contribution in [2.45, 2.75) is 141 Å². The lowest BCUT2D eigenvalue weighted by Crippen LogP contribution is -2.59. The molecule has 6 atom stereocenters. The van der Waals surface area contributed by atoms with Gasteiger partial charge in [-0.25, -0.2) is 4.79 Å². The molecule has 0 fully saturated rings. The number of aliphatic carboxylic acids is 1. The normalized spacial score (nSPS) is 14.0. The van der Waals surface area contributed by atoms with Gasteiger partial charge >= 0.3 is 5.97 Å². The molecule has 0 spiro atoms. The van der Waals surface area contributed by atoms with Gasteiger partial charge < -0.3 is 48.3 Å². The number of rotatable bonds is 29. The molecule has 0 bridgehead atoms. The molecule has 0 radical (unpaired) electrons. The van der Waals surface area contributed by atoms with Crippen molar-refractivity contribution in [2.75, 3.05) is 0 Å². The third kappa shape index (κ3) is 20.2. The Kier molecular flexibility index (Phi) is 22.7. The van der Waals surface area contributed by atoms with Crippen molar-refractivity contribution in [3.05, 3.63) is 71.8 Å². The summed E-state index contributed by atoms with van der Waals surface area (Å²) in [5.74, 6) is -5.96. The number of carboxylic acid groups (broad SMARTS) is 1. The van der Waals surface area contributed by atoms with Crippen LogP contribution >= 0.6 is 0 Å². The Morgan fingerprint density at radius 3 is 1.43 bits per heavy atom. The zero-order chi connectivity index (χ0) is 44.6. The summed E-state index contributed by atoms with van der Waals surface area (Å²) >= 11 is 0. The number of amides is 7. The first kappa shape index (κ1) is 50.3. The van der Waals surface area contributed by atoms with Gasteiger partial charge in [-0.05, 0) is 43.2 Å². The molecule has 0 heterocycles. The first-order valence-electron chi connectivity index (χ1n) is 20.5. The molecule has 11 N–H and O–H groups in total. The first-order valence-corrected chi connectivity index (χ1v) is 20.5. The van der Waals surface area contributed by atoms with Gasteiger partial charge in [-0.15, -0.1) is 0 Å². The Morgan fingerprint density at radius 1 is 0.550 bits per heavy atom. The summed E-state index contributed by atoms with van der Waals surface area (Å²) < 4.78 is 0. The van der Waals surface area contributed by atoms with Gasteiger partial charge in [0.15, 0.2) is 0 Å². The highest BCUT2D eigenvalue weighted by Gasteiger charge is 2.32. The number of unbranched alkanes of at least 4 members (excludes halogenated alkanes) is 6. The smallest absolute Gasteiger partial charge is 0.326 e. The van der Waals surface area contributed by atoms with Crippen LogP contribution in [0.4, 0.5) is 0 Å². The molecule has 17 nitrogen and oxygen atoms in total. The molecule has 330 valence electrons. The number of benzene rings is 2. The summed E-state index contributed by atoms with van der Waals surface area (Å²) in [5.41, 5.74) is 12.3. The van der Waals surface area contributed by atoms with Crippen molar-refractivity contribution in [1.29, 1.82) is 0 Å². The van der Waals surface area contributed by atoms with Crippen molar-refractivity contribution in [3.8, 4) is 0 Å². The van der Waals surface area contributed by atoms with E-state index in [1.807, 2.05) is 19.9 Å². The van der Waals surface area contributed by atoms with E-state index >= 15 is 0 Å². The SMILES string of the molecule is CC(C)C[C@H](NC(=O)[C@@H](NC(=O)CCCCCCCCCC(=O)N[C@@H](CC(N)=O)C(=O)N[C@@H](Cc1ccccc1)C(=O)O)C(C)O)C(=O)N[C@@H](Cc1ccccc1)C(N)=O. The highest BCUT2D eigenvalue weighted by atomic mass is 16.4. The summed E-state index contributed by atoms with van der Waals surface area (Å²) in [6.45, 7) is 5.08. The zero-order valence-corrected chi connectivity index (χ0v) is 34.8. The van der Waals surface area contributed by atoms with E-state index in [9.17, 15) is 48.6 Å². The number of carbonyl (C=O) groups excluding carboxylic acids is 7. The molecule has 2 rings (SSSR count). The maximum absolute atomic E-state index is 13.3. The summed E-state index contributed by atoms with van der Waals surface area (Å²) in [6, 6.07) is 11.7. The molecular formula is C43H63N7O10. The molecule has 60 heavy (non-hydrogen) atoms. The van der Waals surface area contributed by atoms with Gasteiger partial charge in [0.1, 0.15) is 30.2 Å². The van der Waals surface area contributed by atoms with Gasteiger partial charge in [-0.2, -0.15) is 0 Å². The topological polar surface area (TPSA) is 289 Å². The van der Waals surface area contributed by atoms with Crippen molar-refractivity contribution in [2.24, 2.45) is 17.4 Å². The number of aliphatic hydroxyl groups excluding tert-OH is 1. The molecular weight excluding hydrogens is 775 g/mol. The minimum absolute atomic E-state index is 0.00947. The average Bonchev–Trinajstić information content (AvgIpc) is 3.18. The number of aliphatic hydroxyl groups is 1. The fourth-order valence-corrected chi connectivity index (χ4v) is 6.41. The second-order valence-electron chi connectivity index (χ2n) is 15.5. The number of carboxylic acids is 1. The summed E-state index contributed by atoms with van der Waals surface area (Å²) in [5, 5.41) is 32.7. The lowest BCUT2D eigenvalue weighted by Gasteiger charge is -2.26. The van der Waals surface area contributed by atoms with E-state index in [1.165, 1.54) is 6.92 Å². The van der Waals surface area contributed by atoms with Gasteiger partial charge in [0.2, 0.25) is 41.4 Å². The molecule has 1 unspecified atom stereocenters. The second kappa shape index (κ2) is 27.0. The summed E-state index contributed by atoms with van der Waals surface area (Å²) in [7, 11) is 0. The minimum Gasteiger partial charge on any atom is -0.480 e. The van der Waals surface area contributed by atoms with Crippen LogP contribution < -0.4 is 38.1 Å². The van der Waals surface area contributed by atoms with Crippen LogP contribution in [0.1, 0.15) is 103 Å². The van der Waals surface area contributed by atoms with Gasteiger partial charge in [-0.3, -0.25) is 33.6 Å². The quantitative estimate of drug-likeness (QED) is 0.0529. The fraction of sp³-hybridized carbons (Fsp3) is 0.535. The third-order valence-corrected chi connectivity index (χ3v) is 9.63. The number of hydrogen-bond acceptors (Lipinski definition) is 9. The van der Waals surface area contributed by atoms with Crippen LogP contribution in [-0.2, 0) is 51.2 Å². The molecule has 17 heteroatoms. The van der Waals surface area contributed by atoms with E-state index in [0.29, 0.717) is 31.2 Å². The highest BCUT2D eigenvalue weighted by molar-refractivity contribution is 5.95. The van der Waals surface area contributed by atoms with Crippen LogP contribution in [0.2, 0.25) is 0 Å². The van der Waals surface area contributed by atoms with Crippen molar-refractivity contribution < 1.29 is 48.6 Å². The van der Waals surface area contributed by atoms with Crippen LogP contribution in [0, 0.1) is 5.92 Å². The maximum atomic E-state index is 13.3. The predicted molar refractivity (Wildman–Crippen MR) is 223 cm³/mol. The number of nitrogens with one attached hydrogen (secondary N) is 5. The Labute approximate surface area is 351 Å². The maximum Gasteiger partial charge on any atom is 0.326 e. The van der Waals surface area contributed by atoms with E-state index in [-0.39, 0.29) is 38.0 Å². The van der Waals surface area contributed by atoms with E-state index < -0.39 is 90.1 Å². The van der Waals surface area contributed by atoms with Crippen LogP contribution in [0.15, 0.2) is 60.7 Å². The molecule has 0 aromatic heterocycles. The van der Waals surface area contributed by atoms with E-state index in [2.05, 4.69) is 26.6 Å². The molecule has 0 aliphatic heterocycles. The molecule has 0 aliphatic carbocycles.